The average molecular weight is 394 g/mol. The van der Waals surface area contributed by atoms with Crippen molar-refractivity contribution < 1.29 is 13.9 Å². The molecule has 1 fully saturated rings. The first-order valence-corrected chi connectivity index (χ1v) is 9.71. The fourth-order valence-corrected chi connectivity index (χ4v) is 4.20. The maximum atomic E-state index is 13.3. The Morgan fingerprint density at radius 3 is 2.34 bits per heavy atom. The Hall–Kier alpha value is -2.84. The molecule has 1 aliphatic rings. The Balaban J connectivity index is 1.67. The Labute approximate surface area is 171 Å². The molecule has 0 radical (unpaired) electrons. The van der Waals surface area contributed by atoms with Crippen LogP contribution >= 0.6 is 0 Å². The number of hydrogen-bond donors (Lipinski definition) is 2. The van der Waals surface area contributed by atoms with Crippen molar-refractivity contribution in [3.63, 3.8) is 0 Å². The van der Waals surface area contributed by atoms with E-state index in [1.54, 1.807) is 24.3 Å². The maximum absolute atomic E-state index is 13.3. The van der Waals surface area contributed by atoms with E-state index in [2.05, 4.69) is 44.2 Å². The van der Waals surface area contributed by atoms with E-state index in [0.29, 0.717) is 22.6 Å². The molecule has 0 bridgehead atoms. The van der Waals surface area contributed by atoms with Crippen LogP contribution in [0.3, 0.4) is 0 Å². The average Bonchev–Trinajstić information content (AvgIpc) is 2.61. The summed E-state index contributed by atoms with van der Waals surface area (Å²) >= 11 is 0. The number of benzene rings is 2. The first-order chi connectivity index (χ1) is 13.6. The van der Waals surface area contributed by atoms with Crippen molar-refractivity contribution >= 4 is 5.91 Å². The standard InChI is InChI=1S/C24H27FN2O2/c1-6-16-13-18(25)9-12-21(16)29-20-10-7-17(8-11-20)22(28)26-19-14-23(2,3)27-24(4,5)15-19/h1,7-13,19,27H,14-15H2,2-5H3,(H,26,28). The highest BCUT2D eigenvalue weighted by Gasteiger charge is 2.38. The number of amides is 1. The van der Waals surface area contributed by atoms with Gasteiger partial charge in [0.05, 0.1) is 5.56 Å². The van der Waals surface area contributed by atoms with Crippen molar-refractivity contribution in [3.8, 4) is 23.8 Å². The zero-order chi connectivity index (χ0) is 21.2. The van der Waals surface area contributed by atoms with Crippen molar-refractivity contribution in [2.24, 2.45) is 0 Å². The van der Waals surface area contributed by atoms with Gasteiger partial charge in [0.15, 0.2) is 0 Å². The minimum Gasteiger partial charge on any atom is -0.456 e. The van der Waals surface area contributed by atoms with Crippen molar-refractivity contribution in [2.75, 3.05) is 0 Å². The quantitative estimate of drug-likeness (QED) is 0.743. The van der Waals surface area contributed by atoms with Gasteiger partial charge in [-0.3, -0.25) is 4.79 Å². The monoisotopic (exact) mass is 394 g/mol. The van der Waals surface area contributed by atoms with Gasteiger partial charge in [-0.25, -0.2) is 4.39 Å². The number of piperidine rings is 1. The molecule has 0 spiro atoms. The van der Waals surface area contributed by atoms with Crippen LogP contribution < -0.4 is 15.4 Å². The molecule has 0 aromatic heterocycles. The maximum Gasteiger partial charge on any atom is 0.251 e. The van der Waals surface area contributed by atoms with E-state index in [1.165, 1.54) is 18.2 Å². The van der Waals surface area contributed by atoms with Crippen LogP contribution in [0, 0.1) is 18.2 Å². The molecule has 1 amide bonds. The van der Waals surface area contributed by atoms with Crippen molar-refractivity contribution in [1.82, 2.24) is 10.6 Å². The van der Waals surface area contributed by atoms with E-state index in [-0.39, 0.29) is 23.0 Å². The van der Waals surface area contributed by atoms with Crippen LogP contribution in [-0.2, 0) is 0 Å². The highest BCUT2D eigenvalue weighted by atomic mass is 19.1. The summed E-state index contributed by atoms with van der Waals surface area (Å²) in [6, 6.07) is 11.0. The predicted molar refractivity (Wildman–Crippen MR) is 113 cm³/mol. The van der Waals surface area contributed by atoms with E-state index in [0.717, 1.165) is 12.8 Å². The Morgan fingerprint density at radius 1 is 1.14 bits per heavy atom. The second-order valence-corrected chi connectivity index (χ2v) is 8.88. The first kappa shape index (κ1) is 20.9. The Bertz CT molecular complexity index is 926. The molecule has 152 valence electrons. The van der Waals surface area contributed by atoms with E-state index < -0.39 is 5.82 Å². The number of halogens is 1. The number of rotatable bonds is 4. The van der Waals surface area contributed by atoms with Crippen molar-refractivity contribution in [2.45, 2.75) is 57.7 Å². The summed E-state index contributed by atoms with van der Waals surface area (Å²) in [5, 5.41) is 6.77. The van der Waals surface area contributed by atoms with Crippen molar-refractivity contribution in [1.29, 1.82) is 0 Å². The number of carbonyl (C=O) groups excluding carboxylic acids is 1. The molecule has 5 heteroatoms. The van der Waals surface area contributed by atoms with E-state index in [9.17, 15) is 9.18 Å². The van der Waals surface area contributed by atoms with Gasteiger partial charge in [-0.05, 0) is 83.0 Å². The summed E-state index contributed by atoms with van der Waals surface area (Å²) < 4.78 is 19.0. The smallest absolute Gasteiger partial charge is 0.251 e. The molecule has 1 heterocycles. The lowest BCUT2D eigenvalue weighted by atomic mass is 9.79. The third-order valence-corrected chi connectivity index (χ3v) is 4.97. The molecular formula is C24H27FN2O2. The number of terminal acetylenes is 1. The summed E-state index contributed by atoms with van der Waals surface area (Å²) in [5.74, 6) is 2.80. The zero-order valence-electron chi connectivity index (χ0n) is 17.3. The molecule has 1 aliphatic heterocycles. The molecular weight excluding hydrogens is 367 g/mol. The third kappa shape index (κ3) is 5.36. The van der Waals surface area contributed by atoms with Crippen LogP contribution in [0.1, 0.15) is 56.5 Å². The molecule has 2 aromatic rings. The zero-order valence-corrected chi connectivity index (χ0v) is 17.3. The van der Waals surface area contributed by atoms with Gasteiger partial charge < -0.3 is 15.4 Å². The molecule has 29 heavy (non-hydrogen) atoms. The largest absolute Gasteiger partial charge is 0.456 e. The van der Waals surface area contributed by atoms with Crippen molar-refractivity contribution in [3.05, 3.63) is 59.4 Å². The number of nitrogens with one attached hydrogen (secondary N) is 2. The normalized spacial score (nSPS) is 17.9. The van der Waals surface area contributed by atoms with E-state index in [4.69, 9.17) is 11.2 Å². The minimum atomic E-state index is -0.415. The second-order valence-electron chi connectivity index (χ2n) is 8.88. The number of hydrogen-bond acceptors (Lipinski definition) is 3. The van der Waals surface area contributed by atoms with E-state index >= 15 is 0 Å². The molecule has 4 nitrogen and oxygen atoms in total. The minimum absolute atomic E-state index is 0.0404. The molecule has 1 saturated heterocycles. The molecule has 3 rings (SSSR count). The number of ether oxygens (including phenoxy) is 1. The van der Waals surface area contributed by atoms with Gasteiger partial charge in [-0.15, -0.1) is 6.42 Å². The summed E-state index contributed by atoms with van der Waals surface area (Å²) in [7, 11) is 0. The highest BCUT2D eigenvalue weighted by molar-refractivity contribution is 5.94. The molecule has 2 N–H and O–H groups in total. The van der Waals surface area contributed by atoms with E-state index in [1.807, 2.05) is 0 Å². The second kappa shape index (κ2) is 7.88. The first-order valence-electron chi connectivity index (χ1n) is 9.71. The highest BCUT2D eigenvalue weighted by Crippen LogP contribution is 2.29. The van der Waals surface area contributed by atoms with Gasteiger partial charge in [0, 0.05) is 22.7 Å². The summed E-state index contributed by atoms with van der Waals surface area (Å²) in [4.78, 5) is 12.7. The number of carbonyl (C=O) groups is 1. The molecule has 0 atom stereocenters. The topological polar surface area (TPSA) is 50.4 Å². The van der Waals surface area contributed by atoms with Crippen LogP contribution in [0.25, 0.3) is 0 Å². The van der Waals surface area contributed by atoms with Gasteiger partial charge in [0.1, 0.15) is 17.3 Å². The fraction of sp³-hybridized carbons (Fsp3) is 0.375. The Kier molecular flexibility index (Phi) is 5.68. The lowest BCUT2D eigenvalue weighted by molar-refractivity contribution is 0.0873. The fourth-order valence-electron chi connectivity index (χ4n) is 4.20. The molecule has 0 aliphatic carbocycles. The van der Waals surface area contributed by atoms with Gasteiger partial charge in [-0.2, -0.15) is 0 Å². The van der Waals surface area contributed by atoms with Crippen LogP contribution in [0.5, 0.6) is 11.5 Å². The van der Waals surface area contributed by atoms with Crippen LogP contribution in [0.15, 0.2) is 42.5 Å². The molecule has 2 aromatic carbocycles. The predicted octanol–water partition coefficient (Wildman–Crippen LogP) is 4.64. The van der Waals surface area contributed by atoms with Crippen LogP contribution in [0.2, 0.25) is 0 Å². The molecule has 0 unspecified atom stereocenters. The van der Waals surface area contributed by atoms with Gasteiger partial charge in [0.25, 0.3) is 5.91 Å². The summed E-state index contributed by atoms with van der Waals surface area (Å²) in [5.41, 5.74) is 0.813. The van der Waals surface area contributed by atoms with Gasteiger partial charge in [0.2, 0.25) is 0 Å². The lowest BCUT2D eigenvalue weighted by Gasteiger charge is -2.46. The van der Waals surface area contributed by atoms with Gasteiger partial charge in [-0.1, -0.05) is 5.92 Å². The third-order valence-electron chi connectivity index (χ3n) is 4.97. The summed E-state index contributed by atoms with van der Waals surface area (Å²) in [6.45, 7) is 8.61. The summed E-state index contributed by atoms with van der Waals surface area (Å²) in [6.07, 6.45) is 7.14. The SMILES string of the molecule is C#Cc1cc(F)ccc1Oc1ccc(C(=O)NC2CC(C)(C)NC(C)(C)C2)cc1. The Morgan fingerprint density at radius 2 is 1.76 bits per heavy atom. The molecule has 0 saturated carbocycles. The van der Waals surface area contributed by atoms with Crippen LogP contribution in [-0.4, -0.2) is 23.0 Å². The lowest BCUT2D eigenvalue weighted by Crippen LogP contribution is -2.62. The van der Waals surface area contributed by atoms with Gasteiger partial charge >= 0.3 is 0 Å². The van der Waals surface area contributed by atoms with Crippen LogP contribution in [0.4, 0.5) is 4.39 Å².